The fourth-order valence-electron chi connectivity index (χ4n) is 2.67. The summed E-state index contributed by atoms with van der Waals surface area (Å²) in [6, 6.07) is 15.6. The van der Waals surface area contributed by atoms with Crippen LogP contribution in [0.5, 0.6) is 5.75 Å². The van der Waals surface area contributed by atoms with Crippen molar-refractivity contribution in [2.45, 2.75) is 45.6 Å². The number of nitrogens with one attached hydrogen (secondary N) is 1. The number of aromatic hydroxyl groups is 1. The molecular weight excluding hydrogens is 286 g/mol. The zero-order valence-corrected chi connectivity index (χ0v) is 14.0. The molecule has 0 heterocycles. The van der Waals surface area contributed by atoms with Crippen molar-refractivity contribution in [3.8, 4) is 5.75 Å². The van der Waals surface area contributed by atoms with E-state index >= 15 is 0 Å². The van der Waals surface area contributed by atoms with Crippen molar-refractivity contribution in [3.05, 3.63) is 65.2 Å². The lowest BCUT2D eigenvalue weighted by Gasteiger charge is -2.21. The summed E-state index contributed by atoms with van der Waals surface area (Å²) in [7, 11) is 0. The molecule has 2 aromatic rings. The van der Waals surface area contributed by atoms with Crippen LogP contribution in [0, 0.1) is 6.92 Å². The number of phenols is 1. The lowest BCUT2D eigenvalue weighted by Crippen LogP contribution is -2.33. The van der Waals surface area contributed by atoms with E-state index in [1.54, 1.807) is 6.07 Å². The van der Waals surface area contributed by atoms with Gasteiger partial charge in [-0.3, -0.25) is 4.79 Å². The van der Waals surface area contributed by atoms with E-state index in [4.69, 9.17) is 0 Å². The van der Waals surface area contributed by atoms with Gasteiger partial charge in [-0.1, -0.05) is 55.0 Å². The van der Waals surface area contributed by atoms with Crippen LogP contribution in [-0.4, -0.2) is 17.1 Å². The molecule has 2 aromatic carbocycles. The molecule has 2 N–H and O–H groups in total. The van der Waals surface area contributed by atoms with Crippen molar-refractivity contribution in [1.82, 2.24) is 5.32 Å². The highest BCUT2D eigenvalue weighted by Crippen LogP contribution is 2.34. The minimum atomic E-state index is -0.153. The number of hydrogen-bond donors (Lipinski definition) is 2. The molecule has 2 atom stereocenters. The first-order valence-electron chi connectivity index (χ1n) is 8.15. The molecule has 0 unspecified atom stereocenters. The number of aryl methyl sites for hydroxylation is 1. The van der Waals surface area contributed by atoms with Crippen LogP contribution in [0.1, 0.15) is 49.3 Å². The van der Waals surface area contributed by atoms with Gasteiger partial charge in [-0.25, -0.2) is 0 Å². The van der Waals surface area contributed by atoms with Crippen molar-refractivity contribution < 1.29 is 9.90 Å². The molecule has 3 heteroatoms. The molecule has 0 bridgehead atoms. The van der Waals surface area contributed by atoms with Gasteiger partial charge in [0.2, 0.25) is 5.91 Å². The van der Waals surface area contributed by atoms with Crippen LogP contribution in [0.3, 0.4) is 0 Å². The first-order chi connectivity index (χ1) is 11.0. The smallest absolute Gasteiger partial charge is 0.221 e. The molecule has 122 valence electrons. The summed E-state index contributed by atoms with van der Waals surface area (Å²) >= 11 is 0. The first-order valence-corrected chi connectivity index (χ1v) is 8.15. The maximum absolute atomic E-state index is 12.4. The molecule has 0 aromatic heterocycles. The van der Waals surface area contributed by atoms with Crippen molar-refractivity contribution >= 4 is 5.91 Å². The largest absolute Gasteiger partial charge is 0.508 e. The van der Waals surface area contributed by atoms with E-state index in [0.29, 0.717) is 6.42 Å². The fourth-order valence-corrected chi connectivity index (χ4v) is 2.67. The van der Waals surface area contributed by atoms with E-state index in [1.807, 2.05) is 63.2 Å². The standard InChI is InChI=1S/C20H25NO2/c1-4-15(3)21-20(23)13-17(16-8-6-5-7-9-16)18-12-14(2)10-11-19(18)22/h5-12,15,17,22H,4,13H2,1-3H3,(H,21,23)/t15-,17-/m0/s1. The third-order valence-corrected chi connectivity index (χ3v) is 4.17. The maximum atomic E-state index is 12.4. The quantitative estimate of drug-likeness (QED) is 0.842. The second kappa shape index (κ2) is 7.82. The molecule has 0 spiro atoms. The minimum absolute atomic E-state index is 0.00843. The topological polar surface area (TPSA) is 49.3 Å². The van der Waals surface area contributed by atoms with Crippen molar-refractivity contribution in [3.63, 3.8) is 0 Å². The Bertz CT molecular complexity index is 652. The predicted octanol–water partition coefficient (Wildman–Crippen LogP) is 4.14. The molecule has 0 saturated heterocycles. The Labute approximate surface area is 138 Å². The van der Waals surface area contributed by atoms with Crippen LogP contribution in [0.4, 0.5) is 0 Å². The lowest BCUT2D eigenvalue weighted by atomic mass is 9.87. The van der Waals surface area contributed by atoms with Crippen LogP contribution >= 0.6 is 0 Å². The van der Waals surface area contributed by atoms with Gasteiger partial charge in [-0.05, 0) is 31.9 Å². The normalized spacial score (nSPS) is 13.3. The van der Waals surface area contributed by atoms with E-state index in [9.17, 15) is 9.90 Å². The summed E-state index contributed by atoms with van der Waals surface area (Å²) in [6.07, 6.45) is 1.23. The van der Waals surface area contributed by atoms with E-state index in [0.717, 1.165) is 23.1 Å². The Morgan fingerprint density at radius 2 is 1.87 bits per heavy atom. The van der Waals surface area contributed by atoms with Gasteiger partial charge in [0.1, 0.15) is 5.75 Å². The zero-order chi connectivity index (χ0) is 16.8. The van der Waals surface area contributed by atoms with Gasteiger partial charge >= 0.3 is 0 Å². The van der Waals surface area contributed by atoms with Gasteiger partial charge in [-0.15, -0.1) is 0 Å². The number of hydrogen-bond acceptors (Lipinski definition) is 2. The molecule has 0 aliphatic rings. The molecule has 0 aliphatic heterocycles. The first kappa shape index (κ1) is 17.1. The molecule has 3 nitrogen and oxygen atoms in total. The van der Waals surface area contributed by atoms with Crippen LogP contribution in [0.2, 0.25) is 0 Å². The number of benzene rings is 2. The lowest BCUT2D eigenvalue weighted by molar-refractivity contribution is -0.121. The van der Waals surface area contributed by atoms with Crippen LogP contribution in [0.15, 0.2) is 48.5 Å². The molecule has 0 aliphatic carbocycles. The highest BCUT2D eigenvalue weighted by atomic mass is 16.3. The highest BCUT2D eigenvalue weighted by Gasteiger charge is 2.21. The Kier molecular flexibility index (Phi) is 5.80. The third-order valence-electron chi connectivity index (χ3n) is 4.17. The number of carbonyl (C=O) groups excluding carboxylic acids is 1. The molecule has 0 fully saturated rings. The van der Waals surface area contributed by atoms with Gasteiger partial charge in [-0.2, -0.15) is 0 Å². The van der Waals surface area contributed by atoms with Crippen molar-refractivity contribution in [1.29, 1.82) is 0 Å². The summed E-state index contributed by atoms with van der Waals surface area (Å²) in [6.45, 7) is 6.04. The van der Waals surface area contributed by atoms with Gasteiger partial charge in [0.15, 0.2) is 0 Å². The summed E-state index contributed by atoms with van der Waals surface area (Å²) in [5.41, 5.74) is 2.91. The van der Waals surface area contributed by atoms with Gasteiger partial charge in [0.05, 0.1) is 0 Å². The van der Waals surface area contributed by atoms with E-state index in [1.165, 1.54) is 0 Å². The average Bonchev–Trinajstić information content (AvgIpc) is 2.55. The highest BCUT2D eigenvalue weighted by molar-refractivity contribution is 5.78. The number of rotatable bonds is 6. The second-order valence-electron chi connectivity index (χ2n) is 6.11. The molecule has 23 heavy (non-hydrogen) atoms. The average molecular weight is 311 g/mol. The van der Waals surface area contributed by atoms with Gasteiger partial charge in [0.25, 0.3) is 0 Å². The second-order valence-corrected chi connectivity index (χ2v) is 6.11. The van der Waals surface area contributed by atoms with E-state index < -0.39 is 0 Å². The van der Waals surface area contributed by atoms with Crippen molar-refractivity contribution in [2.75, 3.05) is 0 Å². The summed E-state index contributed by atoms with van der Waals surface area (Å²) in [4.78, 5) is 12.4. The summed E-state index contributed by atoms with van der Waals surface area (Å²) < 4.78 is 0. The number of amides is 1. The Hall–Kier alpha value is -2.29. The summed E-state index contributed by atoms with van der Waals surface area (Å²) in [5.74, 6) is 0.0926. The summed E-state index contributed by atoms with van der Waals surface area (Å²) in [5, 5.41) is 13.3. The fraction of sp³-hybridized carbons (Fsp3) is 0.350. The molecule has 0 radical (unpaired) electrons. The number of phenolic OH excluding ortho intramolecular Hbond substituents is 1. The Balaban J connectivity index is 2.33. The Morgan fingerprint density at radius 1 is 1.17 bits per heavy atom. The minimum Gasteiger partial charge on any atom is -0.508 e. The predicted molar refractivity (Wildman–Crippen MR) is 93.6 cm³/mol. The molecule has 1 amide bonds. The van der Waals surface area contributed by atoms with E-state index in [2.05, 4.69) is 5.32 Å². The maximum Gasteiger partial charge on any atom is 0.221 e. The third kappa shape index (κ3) is 4.59. The van der Waals surface area contributed by atoms with Crippen molar-refractivity contribution in [2.24, 2.45) is 0 Å². The monoisotopic (exact) mass is 311 g/mol. The SMILES string of the molecule is CC[C@H](C)NC(=O)C[C@@H](c1ccccc1)c1cc(C)ccc1O. The van der Waals surface area contributed by atoms with Gasteiger partial charge in [0, 0.05) is 23.9 Å². The molecule has 0 saturated carbocycles. The number of carbonyl (C=O) groups is 1. The van der Waals surface area contributed by atoms with Crippen LogP contribution < -0.4 is 5.32 Å². The molecule has 2 rings (SSSR count). The molecular formula is C20H25NO2. The van der Waals surface area contributed by atoms with Crippen LogP contribution in [-0.2, 0) is 4.79 Å². The van der Waals surface area contributed by atoms with E-state index in [-0.39, 0.29) is 23.6 Å². The Morgan fingerprint density at radius 3 is 2.52 bits per heavy atom. The zero-order valence-electron chi connectivity index (χ0n) is 14.0. The van der Waals surface area contributed by atoms with Gasteiger partial charge < -0.3 is 10.4 Å². The van der Waals surface area contributed by atoms with Crippen LogP contribution in [0.25, 0.3) is 0 Å².